The fraction of sp³-hybridized carbons (Fsp3) is 0.304. The normalized spacial score (nSPS) is 15.8. The van der Waals surface area contributed by atoms with E-state index in [1.165, 1.54) is 11.2 Å². The molecule has 1 aromatic carbocycles. The fourth-order valence-electron chi connectivity index (χ4n) is 3.98. The minimum absolute atomic E-state index is 0.0268. The highest BCUT2D eigenvalue weighted by atomic mass is 16.3. The Hall–Kier alpha value is -3.28. The minimum atomic E-state index is -0.265. The first-order valence-electron chi connectivity index (χ1n) is 9.92. The summed E-state index contributed by atoms with van der Waals surface area (Å²) < 4.78 is 7.42. The third kappa shape index (κ3) is 3.70. The first kappa shape index (κ1) is 19.1. The van der Waals surface area contributed by atoms with Crippen molar-refractivity contribution in [2.24, 2.45) is 0 Å². The van der Waals surface area contributed by atoms with Gasteiger partial charge < -0.3 is 18.8 Å². The van der Waals surface area contributed by atoms with Crippen LogP contribution in [-0.4, -0.2) is 45.8 Å². The van der Waals surface area contributed by atoms with Crippen LogP contribution in [0.2, 0.25) is 0 Å². The number of carbonyl (C=O) groups excluding carboxylic acids is 2. The van der Waals surface area contributed by atoms with Crippen LogP contribution in [0, 0.1) is 6.92 Å². The summed E-state index contributed by atoms with van der Waals surface area (Å²) in [5.41, 5.74) is 3.33. The lowest BCUT2D eigenvalue weighted by Gasteiger charge is -2.38. The van der Waals surface area contributed by atoms with E-state index in [-0.39, 0.29) is 30.2 Å². The highest BCUT2D eigenvalue weighted by Crippen LogP contribution is 2.33. The van der Waals surface area contributed by atoms with Crippen LogP contribution in [0.25, 0.3) is 0 Å². The van der Waals surface area contributed by atoms with Gasteiger partial charge in [-0.25, -0.2) is 0 Å². The van der Waals surface area contributed by atoms with Gasteiger partial charge in [-0.3, -0.25) is 9.59 Å². The number of fused-ring (bicyclic) bond motifs is 1. The summed E-state index contributed by atoms with van der Waals surface area (Å²) in [7, 11) is 0. The second-order valence-electron chi connectivity index (χ2n) is 7.33. The van der Waals surface area contributed by atoms with Crippen molar-refractivity contribution in [2.45, 2.75) is 26.4 Å². The number of rotatable bonds is 5. The van der Waals surface area contributed by atoms with Gasteiger partial charge in [-0.1, -0.05) is 29.8 Å². The molecule has 1 atom stereocenters. The Morgan fingerprint density at radius 3 is 2.72 bits per heavy atom. The molecule has 0 bridgehead atoms. The Bertz CT molecular complexity index is 1010. The molecule has 1 aliphatic rings. The molecule has 2 amide bonds. The Kier molecular flexibility index (Phi) is 5.25. The Morgan fingerprint density at radius 1 is 1.14 bits per heavy atom. The second kappa shape index (κ2) is 7.99. The topological polar surface area (TPSA) is 58.7 Å². The first-order chi connectivity index (χ1) is 14.1. The van der Waals surface area contributed by atoms with E-state index in [0.717, 1.165) is 23.4 Å². The van der Waals surface area contributed by atoms with Crippen LogP contribution in [-0.2, 0) is 11.3 Å². The van der Waals surface area contributed by atoms with Gasteiger partial charge in [0.25, 0.3) is 5.91 Å². The molecule has 6 nitrogen and oxygen atoms in total. The maximum Gasteiger partial charge on any atom is 0.290 e. The molecule has 0 spiro atoms. The number of carbonyl (C=O) groups is 2. The number of aryl methyl sites for hydroxylation is 1. The quantitative estimate of drug-likeness (QED) is 0.669. The van der Waals surface area contributed by atoms with Gasteiger partial charge in [0.1, 0.15) is 6.54 Å². The fourth-order valence-corrected chi connectivity index (χ4v) is 3.98. The molecule has 1 aliphatic heterocycles. The molecular formula is C23H25N3O3. The average Bonchev–Trinajstić information content (AvgIpc) is 3.42. The largest absolute Gasteiger partial charge is 0.459 e. The summed E-state index contributed by atoms with van der Waals surface area (Å²) >= 11 is 0. The van der Waals surface area contributed by atoms with E-state index in [1.54, 1.807) is 12.1 Å². The van der Waals surface area contributed by atoms with Crippen molar-refractivity contribution in [1.82, 2.24) is 14.4 Å². The Morgan fingerprint density at radius 2 is 2.00 bits per heavy atom. The summed E-state index contributed by atoms with van der Waals surface area (Å²) in [6.07, 6.45) is 3.52. The van der Waals surface area contributed by atoms with E-state index >= 15 is 0 Å². The molecule has 0 fully saturated rings. The van der Waals surface area contributed by atoms with Gasteiger partial charge >= 0.3 is 0 Å². The van der Waals surface area contributed by atoms with Crippen molar-refractivity contribution < 1.29 is 14.0 Å². The predicted octanol–water partition coefficient (Wildman–Crippen LogP) is 3.48. The molecule has 29 heavy (non-hydrogen) atoms. The number of benzene rings is 1. The molecule has 0 N–H and O–H groups in total. The van der Waals surface area contributed by atoms with Gasteiger partial charge in [-0.15, -0.1) is 0 Å². The highest BCUT2D eigenvalue weighted by molar-refractivity contribution is 5.94. The lowest BCUT2D eigenvalue weighted by Crippen LogP contribution is -2.47. The number of furan rings is 1. The van der Waals surface area contributed by atoms with Crippen molar-refractivity contribution in [3.8, 4) is 0 Å². The van der Waals surface area contributed by atoms with Crippen molar-refractivity contribution in [3.63, 3.8) is 0 Å². The minimum Gasteiger partial charge on any atom is -0.459 e. The molecule has 0 unspecified atom stereocenters. The lowest BCUT2D eigenvalue weighted by molar-refractivity contribution is -0.134. The number of hydrogen-bond donors (Lipinski definition) is 0. The summed E-state index contributed by atoms with van der Waals surface area (Å²) in [5, 5.41) is 0. The molecule has 0 saturated carbocycles. The van der Waals surface area contributed by atoms with E-state index in [0.29, 0.717) is 13.1 Å². The number of aromatic nitrogens is 1. The van der Waals surface area contributed by atoms with Gasteiger partial charge in [-0.2, -0.15) is 0 Å². The summed E-state index contributed by atoms with van der Waals surface area (Å²) in [6.45, 7) is 5.73. The summed E-state index contributed by atoms with van der Waals surface area (Å²) in [4.78, 5) is 29.4. The van der Waals surface area contributed by atoms with E-state index in [2.05, 4.69) is 42.0 Å². The van der Waals surface area contributed by atoms with Crippen molar-refractivity contribution in [1.29, 1.82) is 0 Å². The van der Waals surface area contributed by atoms with Gasteiger partial charge in [0.2, 0.25) is 5.91 Å². The molecule has 0 saturated heterocycles. The predicted molar refractivity (Wildman–Crippen MR) is 109 cm³/mol. The van der Waals surface area contributed by atoms with Crippen LogP contribution in [0.5, 0.6) is 0 Å². The van der Waals surface area contributed by atoms with Gasteiger partial charge in [0.05, 0.1) is 12.3 Å². The molecule has 150 valence electrons. The molecule has 3 aromatic rings. The number of hydrogen-bond acceptors (Lipinski definition) is 3. The zero-order valence-electron chi connectivity index (χ0n) is 16.7. The average molecular weight is 391 g/mol. The molecule has 3 heterocycles. The van der Waals surface area contributed by atoms with Crippen LogP contribution in [0.4, 0.5) is 0 Å². The molecule has 2 aromatic heterocycles. The third-order valence-electron chi connectivity index (χ3n) is 5.44. The van der Waals surface area contributed by atoms with Gasteiger partial charge in [-0.05, 0) is 43.7 Å². The summed E-state index contributed by atoms with van der Waals surface area (Å²) in [5.74, 6) is -0.0774. The second-order valence-corrected chi connectivity index (χ2v) is 7.33. The molecule has 0 aliphatic carbocycles. The zero-order chi connectivity index (χ0) is 20.4. The van der Waals surface area contributed by atoms with Crippen molar-refractivity contribution >= 4 is 11.8 Å². The molecular weight excluding hydrogens is 366 g/mol. The molecule has 6 heteroatoms. The maximum absolute atomic E-state index is 13.3. The highest BCUT2D eigenvalue weighted by Gasteiger charge is 2.33. The van der Waals surface area contributed by atoms with E-state index < -0.39 is 0 Å². The van der Waals surface area contributed by atoms with Crippen LogP contribution >= 0.6 is 0 Å². The van der Waals surface area contributed by atoms with Crippen LogP contribution < -0.4 is 0 Å². The first-order valence-corrected chi connectivity index (χ1v) is 9.92. The van der Waals surface area contributed by atoms with Crippen molar-refractivity contribution in [3.05, 3.63) is 83.6 Å². The Labute approximate surface area is 170 Å². The van der Waals surface area contributed by atoms with Gasteiger partial charge in [0, 0.05) is 31.5 Å². The lowest BCUT2D eigenvalue weighted by atomic mass is 9.98. The number of amides is 2. The third-order valence-corrected chi connectivity index (χ3v) is 5.44. The van der Waals surface area contributed by atoms with E-state index in [4.69, 9.17) is 4.42 Å². The van der Waals surface area contributed by atoms with Crippen LogP contribution in [0.15, 0.2) is 65.4 Å². The zero-order valence-corrected chi connectivity index (χ0v) is 16.7. The number of likely N-dealkylation sites (N-methyl/N-ethyl adjacent to an activating group) is 1. The summed E-state index contributed by atoms with van der Waals surface area (Å²) in [6, 6.07) is 15.5. The molecule has 4 rings (SSSR count). The smallest absolute Gasteiger partial charge is 0.290 e. The SMILES string of the molecule is CCN(CC(=O)N1CCn2cccc2[C@@H]1c1cccc(C)c1)C(=O)c1ccco1. The Balaban J connectivity index is 1.61. The monoisotopic (exact) mass is 391 g/mol. The van der Waals surface area contributed by atoms with Gasteiger partial charge in [0.15, 0.2) is 5.76 Å². The van der Waals surface area contributed by atoms with Crippen LogP contribution in [0.1, 0.15) is 40.3 Å². The standard InChI is InChI=1S/C23H25N3O3/c1-3-24(23(28)20-10-6-14-29-20)16-21(27)26-13-12-25-11-5-9-19(25)22(26)18-8-4-7-17(2)15-18/h4-11,14-15,22H,3,12-13,16H2,1-2H3/t22-/m0/s1. The maximum atomic E-state index is 13.3. The van der Waals surface area contributed by atoms with E-state index in [1.807, 2.05) is 24.0 Å². The van der Waals surface area contributed by atoms with Crippen LogP contribution in [0.3, 0.4) is 0 Å². The van der Waals surface area contributed by atoms with E-state index in [9.17, 15) is 9.59 Å². The molecule has 0 radical (unpaired) electrons. The number of nitrogens with zero attached hydrogens (tertiary/aromatic N) is 3. The van der Waals surface area contributed by atoms with Crippen molar-refractivity contribution in [2.75, 3.05) is 19.6 Å².